The van der Waals surface area contributed by atoms with E-state index in [-0.39, 0.29) is 10.8 Å². The number of anilines is 2. The molecule has 4 rings (SSSR count). The third-order valence-corrected chi connectivity index (χ3v) is 8.59. The van der Waals surface area contributed by atoms with E-state index in [1.54, 1.807) is 16.4 Å². The molecule has 2 fully saturated rings. The quantitative estimate of drug-likeness (QED) is 0.654. The van der Waals surface area contributed by atoms with Crippen LogP contribution in [0.1, 0.15) is 67.3 Å². The van der Waals surface area contributed by atoms with Gasteiger partial charge in [0.1, 0.15) is 4.90 Å². The van der Waals surface area contributed by atoms with Gasteiger partial charge in [-0.25, -0.2) is 8.42 Å². The predicted molar refractivity (Wildman–Crippen MR) is 133 cm³/mol. The van der Waals surface area contributed by atoms with Gasteiger partial charge in [-0.2, -0.15) is 4.31 Å². The lowest BCUT2D eigenvalue weighted by atomic mass is 10.1. The minimum Gasteiger partial charge on any atom is -0.370 e. The number of sulfonamides is 1. The number of aryl methyl sites for hydroxylation is 1. The maximum atomic E-state index is 13.8. The number of amides is 1. The van der Waals surface area contributed by atoms with Crippen LogP contribution < -0.4 is 10.2 Å². The highest BCUT2D eigenvalue weighted by Crippen LogP contribution is 2.32. The largest absolute Gasteiger partial charge is 0.370 e. The van der Waals surface area contributed by atoms with Crippen molar-refractivity contribution in [2.75, 3.05) is 36.4 Å². The van der Waals surface area contributed by atoms with Gasteiger partial charge in [-0.05, 0) is 62.9 Å². The molecule has 2 aromatic carbocycles. The van der Waals surface area contributed by atoms with Crippen molar-refractivity contribution >= 4 is 27.3 Å². The number of nitrogens with zero attached hydrogens (tertiary/aromatic N) is 2. The maximum Gasteiger partial charge on any atom is 0.255 e. The van der Waals surface area contributed by atoms with E-state index in [2.05, 4.69) is 10.2 Å². The number of hydrogen-bond donors (Lipinski definition) is 1. The molecule has 6 nitrogen and oxygen atoms in total. The fraction of sp³-hybridized carbons (Fsp3) is 0.500. The Hall–Kier alpha value is -2.38. The molecule has 7 heteroatoms. The SMILES string of the molecule is Cc1ccc(NC(=O)c2ccc(N3CCCCCC3)c(S(=O)(=O)N3CCCCCC3)c2)cc1. The van der Waals surface area contributed by atoms with Gasteiger partial charge in [-0.3, -0.25) is 4.79 Å². The first-order valence-corrected chi connectivity index (χ1v) is 13.7. The van der Waals surface area contributed by atoms with E-state index < -0.39 is 10.0 Å². The van der Waals surface area contributed by atoms with Crippen molar-refractivity contribution in [2.24, 2.45) is 0 Å². The molecule has 178 valence electrons. The lowest BCUT2D eigenvalue weighted by molar-refractivity contribution is 0.102. The van der Waals surface area contributed by atoms with E-state index in [1.807, 2.05) is 37.3 Å². The van der Waals surface area contributed by atoms with Gasteiger partial charge >= 0.3 is 0 Å². The van der Waals surface area contributed by atoms with Crippen LogP contribution in [0.15, 0.2) is 47.4 Å². The molecule has 1 amide bonds. The van der Waals surface area contributed by atoms with E-state index in [0.29, 0.717) is 24.3 Å². The second-order valence-electron chi connectivity index (χ2n) is 9.22. The average molecular weight is 470 g/mol. The molecule has 0 bridgehead atoms. The van der Waals surface area contributed by atoms with Crippen LogP contribution in [0.25, 0.3) is 0 Å². The van der Waals surface area contributed by atoms with Crippen LogP contribution in [0.4, 0.5) is 11.4 Å². The minimum atomic E-state index is -3.70. The summed E-state index contributed by atoms with van der Waals surface area (Å²) in [5.41, 5.74) is 2.90. The lowest BCUT2D eigenvalue weighted by Crippen LogP contribution is -2.34. The Morgan fingerprint density at radius 1 is 0.788 bits per heavy atom. The average Bonchev–Trinajstić information content (AvgIpc) is 3.26. The molecule has 0 aromatic heterocycles. The molecule has 33 heavy (non-hydrogen) atoms. The standard InChI is InChI=1S/C26H35N3O3S/c1-21-10-13-23(14-11-21)27-26(30)22-12-15-24(28-16-6-2-3-7-17-28)25(20-22)33(31,32)29-18-8-4-5-9-19-29/h10-15,20H,2-9,16-19H2,1H3,(H,27,30). The summed E-state index contributed by atoms with van der Waals surface area (Å²) in [7, 11) is -3.70. The summed E-state index contributed by atoms with van der Waals surface area (Å²) in [5, 5.41) is 2.90. The highest BCUT2D eigenvalue weighted by molar-refractivity contribution is 7.89. The minimum absolute atomic E-state index is 0.267. The van der Waals surface area contributed by atoms with Gasteiger partial charge in [0, 0.05) is 37.4 Å². The highest BCUT2D eigenvalue weighted by atomic mass is 32.2. The Morgan fingerprint density at radius 2 is 1.36 bits per heavy atom. The Kier molecular flexibility index (Phi) is 7.71. The summed E-state index contributed by atoms with van der Waals surface area (Å²) in [4.78, 5) is 15.5. The first-order valence-electron chi connectivity index (χ1n) is 12.2. The highest BCUT2D eigenvalue weighted by Gasteiger charge is 2.30. The van der Waals surface area contributed by atoms with E-state index >= 15 is 0 Å². The predicted octanol–water partition coefficient (Wildman–Crippen LogP) is 5.19. The molecule has 2 aliphatic heterocycles. The van der Waals surface area contributed by atoms with Crippen LogP contribution in [0.3, 0.4) is 0 Å². The molecule has 2 saturated heterocycles. The smallest absolute Gasteiger partial charge is 0.255 e. The summed E-state index contributed by atoms with van der Waals surface area (Å²) in [6, 6.07) is 12.8. The van der Waals surface area contributed by atoms with Crippen molar-refractivity contribution < 1.29 is 13.2 Å². The second kappa shape index (κ2) is 10.7. The number of carbonyl (C=O) groups excluding carboxylic acids is 1. The molecule has 0 aliphatic carbocycles. The van der Waals surface area contributed by atoms with Crippen molar-refractivity contribution in [3.8, 4) is 0 Å². The molecule has 2 aliphatic rings. The number of benzene rings is 2. The van der Waals surface area contributed by atoms with E-state index in [9.17, 15) is 13.2 Å². The summed E-state index contributed by atoms with van der Waals surface area (Å²) in [6.45, 7) is 4.77. The van der Waals surface area contributed by atoms with E-state index in [0.717, 1.165) is 62.9 Å². The van der Waals surface area contributed by atoms with Crippen molar-refractivity contribution in [3.63, 3.8) is 0 Å². The van der Waals surface area contributed by atoms with Gasteiger partial charge in [-0.15, -0.1) is 0 Å². The van der Waals surface area contributed by atoms with Crippen LogP contribution in [0, 0.1) is 6.92 Å². The van der Waals surface area contributed by atoms with Crippen LogP contribution in [-0.4, -0.2) is 44.8 Å². The molecule has 0 saturated carbocycles. The summed E-state index contributed by atoms with van der Waals surface area (Å²) < 4.78 is 29.3. The number of hydrogen-bond acceptors (Lipinski definition) is 4. The number of carbonyl (C=O) groups is 1. The zero-order chi connectivity index (χ0) is 23.3. The fourth-order valence-corrected chi connectivity index (χ4v) is 6.45. The molecule has 0 spiro atoms. The second-order valence-corrected chi connectivity index (χ2v) is 11.1. The van der Waals surface area contributed by atoms with Gasteiger partial charge in [0.25, 0.3) is 5.91 Å². The molecule has 1 N–H and O–H groups in total. The van der Waals surface area contributed by atoms with Crippen LogP contribution in [0.2, 0.25) is 0 Å². The molecule has 2 aromatic rings. The number of rotatable bonds is 5. The molecular weight excluding hydrogens is 434 g/mol. The van der Waals surface area contributed by atoms with Gasteiger partial charge in [0.05, 0.1) is 5.69 Å². The topological polar surface area (TPSA) is 69.7 Å². The van der Waals surface area contributed by atoms with Crippen LogP contribution in [-0.2, 0) is 10.0 Å². The Balaban J connectivity index is 1.69. The monoisotopic (exact) mass is 469 g/mol. The van der Waals surface area contributed by atoms with E-state index in [1.165, 1.54) is 12.8 Å². The molecule has 0 unspecified atom stereocenters. The van der Waals surface area contributed by atoms with Gasteiger partial charge in [0.15, 0.2) is 0 Å². The van der Waals surface area contributed by atoms with E-state index in [4.69, 9.17) is 0 Å². The fourth-order valence-electron chi connectivity index (χ4n) is 4.70. The van der Waals surface area contributed by atoms with Crippen molar-refractivity contribution in [1.29, 1.82) is 0 Å². The molecule has 0 radical (unpaired) electrons. The zero-order valence-electron chi connectivity index (χ0n) is 19.6. The van der Waals surface area contributed by atoms with Crippen LogP contribution in [0.5, 0.6) is 0 Å². The Morgan fingerprint density at radius 3 is 1.97 bits per heavy atom. The van der Waals surface area contributed by atoms with Crippen molar-refractivity contribution in [1.82, 2.24) is 4.31 Å². The normalized spacial score (nSPS) is 18.4. The third-order valence-electron chi connectivity index (χ3n) is 6.66. The summed E-state index contributed by atoms with van der Waals surface area (Å²) >= 11 is 0. The van der Waals surface area contributed by atoms with Gasteiger partial charge < -0.3 is 10.2 Å². The third kappa shape index (κ3) is 5.76. The Labute approximate surface area is 198 Å². The molecule has 2 heterocycles. The first kappa shape index (κ1) is 23.8. The lowest BCUT2D eigenvalue weighted by Gasteiger charge is -2.28. The summed E-state index contributed by atoms with van der Waals surface area (Å²) in [6.07, 6.45) is 8.33. The van der Waals surface area contributed by atoms with Crippen molar-refractivity contribution in [2.45, 2.75) is 63.2 Å². The zero-order valence-corrected chi connectivity index (χ0v) is 20.4. The van der Waals surface area contributed by atoms with Crippen LogP contribution >= 0.6 is 0 Å². The first-order chi connectivity index (χ1) is 15.9. The van der Waals surface area contributed by atoms with Crippen molar-refractivity contribution in [3.05, 3.63) is 53.6 Å². The number of nitrogens with one attached hydrogen (secondary N) is 1. The summed E-state index contributed by atoms with van der Waals surface area (Å²) in [5.74, 6) is -0.298. The van der Waals surface area contributed by atoms with Gasteiger partial charge in [-0.1, -0.05) is 43.4 Å². The maximum absolute atomic E-state index is 13.8. The molecule has 0 atom stereocenters. The Bertz CT molecular complexity index is 1050. The van der Waals surface area contributed by atoms with Gasteiger partial charge in [0.2, 0.25) is 10.0 Å². The molecular formula is C26H35N3O3S.